The van der Waals surface area contributed by atoms with Crippen LogP contribution in [0.3, 0.4) is 0 Å². The predicted molar refractivity (Wildman–Crippen MR) is 54.0 cm³/mol. The van der Waals surface area contributed by atoms with Gasteiger partial charge >= 0.3 is 6.18 Å². The van der Waals surface area contributed by atoms with Gasteiger partial charge in [-0.15, -0.1) is 0 Å². The Hall–Kier alpha value is -2.05. The number of allylic oxidation sites excluding steroid dienone is 1. The van der Waals surface area contributed by atoms with Gasteiger partial charge in [-0.05, 0) is 17.7 Å². The van der Waals surface area contributed by atoms with Crippen molar-refractivity contribution in [3.8, 4) is 5.75 Å². The van der Waals surface area contributed by atoms with Gasteiger partial charge in [0.25, 0.3) is 0 Å². The maximum Gasteiger partial charge on any atom is 0.422 e. The van der Waals surface area contributed by atoms with E-state index < -0.39 is 16.7 Å². The summed E-state index contributed by atoms with van der Waals surface area (Å²) in [6.07, 6.45) is -4.83. The van der Waals surface area contributed by atoms with E-state index in [1.165, 1.54) is 19.2 Å². The quantitative estimate of drug-likeness (QED) is 0.609. The molecule has 0 radical (unpaired) electrons. The molecule has 7 heteroatoms. The van der Waals surface area contributed by atoms with Gasteiger partial charge < -0.3 is 4.74 Å². The fourth-order valence-corrected chi connectivity index (χ4v) is 1.19. The van der Waals surface area contributed by atoms with Crippen molar-refractivity contribution in [1.82, 2.24) is 0 Å². The number of methoxy groups -OCH3 is 1. The predicted octanol–water partition coefficient (Wildman–Crippen LogP) is 2.88. The Morgan fingerprint density at radius 2 is 1.88 bits per heavy atom. The summed E-state index contributed by atoms with van der Waals surface area (Å²) in [5.41, 5.74) is -1.58. The van der Waals surface area contributed by atoms with Gasteiger partial charge in [0, 0.05) is 0 Å². The molecule has 0 aromatic heterocycles. The van der Waals surface area contributed by atoms with Crippen molar-refractivity contribution in [1.29, 1.82) is 0 Å². The highest BCUT2D eigenvalue weighted by molar-refractivity contribution is 5.68. The lowest BCUT2D eigenvalue weighted by Gasteiger charge is -2.09. The van der Waals surface area contributed by atoms with Crippen molar-refractivity contribution in [2.75, 3.05) is 7.11 Å². The molecular formula is C10H8F3NO3. The van der Waals surface area contributed by atoms with Crippen molar-refractivity contribution >= 4 is 5.57 Å². The fourth-order valence-electron chi connectivity index (χ4n) is 1.19. The molecule has 0 aliphatic heterocycles. The molecule has 92 valence electrons. The SMILES string of the molecule is COc1ccc(/C(=C\[N+](=O)[O-])C(F)(F)F)cc1. The Bertz CT molecular complexity index is 437. The number of alkyl halides is 3. The fraction of sp³-hybridized carbons (Fsp3) is 0.200. The highest BCUT2D eigenvalue weighted by Crippen LogP contribution is 2.34. The van der Waals surface area contributed by atoms with Crippen molar-refractivity contribution in [2.24, 2.45) is 0 Å². The smallest absolute Gasteiger partial charge is 0.422 e. The Labute approximate surface area is 94.5 Å². The number of nitrogens with zero attached hydrogens (tertiary/aromatic N) is 1. The summed E-state index contributed by atoms with van der Waals surface area (Å²) in [7, 11) is 1.37. The topological polar surface area (TPSA) is 52.4 Å². The minimum absolute atomic E-state index is 0.0538. The van der Waals surface area contributed by atoms with E-state index in [-0.39, 0.29) is 11.8 Å². The summed E-state index contributed by atoms with van der Waals surface area (Å²) in [5, 5.41) is 10.2. The van der Waals surface area contributed by atoms with Crippen LogP contribution in [0.25, 0.3) is 5.57 Å². The minimum Gasteiger partial charge on any atom is -0.497 e. The Morgan fingerprint density at radius 3 is 2.24 bits per heavy atom. The first-order chi connectivity index (χ1) is 7.84. The van der Waals surface area contributed by atoms with Gasteiger partial charge in [0.1, 0.15) is 11.3 Å². The molecule has 0 N–H and O–H groups in total. The zero-order chi connectivity index (χ0) is 13.1. The number of halogens is 3. The minimum atomic E-state index is -4.78. The summed E-state index contributed by atoms with van der Waals surface area (Å²) in [4.78, 5) is 9.03. The molecular weight excluding hydrogens is 239 g/mol. The van der Waals surface area contributed by atoms with Crippen molar-refractivity contribution < 1.29 is 22.8 Å². The molecule has 0 fully saturated rings. The molecule has 0 saturated carbocycles. The molecule has 1 rings (SSSR count). The molecule has 0 bridgehead atoms. The molecule has 0 saturated heterocycles. The Kier molecular flexibility index (Phi) is 3.72. The van der Waals surface area contributed by atoms with Gasteiger partial charge in [-0.1, -0.05) is 12.1 Å². The zero-order valence-electron chi connectivity index (χ0n) is 8.69. The third-order valence-corrected chi connectivity index (χ3v) is 1.94. The van der Waals surface area contributed by atoms with E-state index in [2.05, 4.69) is 0 Å². The van der Waals surface area contributed by atoms with Gasteiger partial charge in [-0.25, -0.2) is 0 Å². The Balaban J connectivity index is 3.19. The highest BCUT2D eigenvalue weighted by Gasteiger charge is 2.37. The standard InChI is InChI=1S/C10H8F3NO3/c1-17-8-4-2-7(3-5-8)9(6-14(15)16)10(11,12)13/h2-6H,1H3/b9-6+. The number of hydrogen-bond donors (Lipinski definition) is 0. The van der Waals surface area contributed by atoms with E-state index in [9.17, 15) is 23.3 Å². The van der Waals surface area contributed by atoms with E-state index in [1.807, 2.05) is 0 Å². The van der Waals surface area contributed by atoms with Gasteiger partial charge in [-0.2, -0.15) is 13.2 Å². The van der Waals surface area contributed by atoms with Crippen molar-refractivity contribution in [2.45, 2.75) is 6.18 Å². The van der Waals surface area contributed by atoms with Crippen LogP contribution >= 0.6 is 0 Å². The van der Waals surface area contributed by atoms with Crippen LogP contribution in [-0.2, 0) is 0 Å². The van der Waals surface area contributed by atoms with Gasteiger partial charge in [0.05, 0.1) is 12.0 Å². The van der Waals surface area contributed by atoms with Gasteiger partial charge in [0.15, 0.2) is 0 Å². The molecule has 17 heavy (non-hydrogen) atoms. The molecule has 0 aliphatic carbocycles. The molecule has 0 aliphatic rings. The lowest BCUT2D eigenvalue weighted by Crippen LogP contribution is -2.12. The van der Waals surface area contributed by atoms with Crippen LogP contribution in [0.2, 0.25) is 0 Å². The summed E-state index contributed by atoms with van der Waals surface area (Å²) >= 11 is 0. The molecule has 0 atom stereocenters. The van der Waals surface area contributed by atoms with Crippen molar-refractivity contribution in [3.05, 3.63) is 46.1 Å². The number of hydrogen-bond acceptors (Lipinski definition) is 3. The second-order valence-electron chi connectivity index (χ2n) is 3.05. The van der Waals surface area contributed by atoms with E-state index in [1.54, 1.807) is 0 Å². The Morgan fingerprint density at radius 1 is 1.35 bits per heavy atom. The normalized spacial score (nSPS) is 12.4. The maximum absolute atomic E-state index is 12.5. The first-order valence-electron chi connectivity index (χ1n) is 4.41. The van der Waals surface area contributed by atoms with Gasteiger partial charge in [0.2, 0.25) is 6.20 Å². The lowest BCUT2D eigenvalue weighted by molar-refractivity contribution is -0.402. The third kappa shape index (κ3) is 3.47. The molecule has 1 aromatic carbocycles. The van der Waals surface area contributed by atoms with E-state index >= 15 is 0 Å². The monoisotopic (exact) mass is 247 g/mol. The number of ether oxygens (including phenoxy) is 1. The van der Waals surface area contributed by atoms with Crippen LogP contribution in [0.1, 0.15) is 5.56 Å². The second-order valence-corrected chi connectivity index (χ2v) is 3.05. The van der Waals surface area contributed by atoms with Crippen LogP contribution in [0, 0.1) is 10.1 Å². The summed E-state index contributed by atoms with van der Waals surface area (Å²) in [6.45, 7) is 0. The average molecular weight is 247 g/mol. The highest BCUT2D eigenvalue weighted by atomic mass is 19.4. The van der Waals surface area contributed by atoms with Crippen LogP contribution in [0.15, 0.2) is 30.5 Å². The maximum atomic E-state index is 12.5. The van der Waals surface area contributed by atoms with Crippen LogP contribution in [0.4, 0.5) is 13.2 Å². The number of rotatable bonds is 3. The summed E-state index contributed by atoms with van der Waals surface area (Å²) in [6, 6.07) is 4.83. The third-order valence-electron chi connectivity index (χ3n) is 1.94. The van der Waals surface area contributed by atoms with E-state index in [0.29, 0.717) is 5.75 Å². The lowest BCUT2D eigenvalue weighted by atomic mass is 10.1. The number of nitro groups is 1. The molecule has 4 nitrogen and oxygen atoms in total. The largest absolute Gasteiger partial charge is 0.497 e. The molecule has 0 unspecified atom stereocenters. The first kappa shape index (κ1) is 13.0. The summed E-state index contributed by atoms with van der Waals surface area (Å²) in [5.74, 6) is 0.372. The zero-order valence-corrected chi connectivity index (χ0v) is 8.69. The first-order valence-corrected chi connectivity index (χ1v) is 4.41. The summed E-state index contributed by atoms with van der Waals surface area (Å²) < 4.78 is 42.4. The van der Waals surface area contributed by atoms with Crippen LogP contribution in [0.5, 0.6) is 5.75 Å². The average Bonchev–Trinajstić information content (AvgIpc) is 2.24. The molecule has 0 amide bonds. The molecule has 0 spiro atoms. The van der Waals surface area contributed by atoms with Crippen LogP contribution in [-0.4, -0.2) is 18.2 Å². The van der Waals surface area contributed by atoms with Crippen LogP contribution < -0.4 is 4.74 Å². The number of benzene rings is 1. The molecule has 1 aromatic rings. The van der Waals surface area contributed by atoms with E-state index in [0.717, 1.165) is 12.1 Å². The van der Waals surface area contributed by atoms with Gasteiger partial charge in [-0.3, -0.25) is 10.1 Å². The molecule has 0 heterocycles. The van der Waals surface area contributed by atoms with Crippen molar-refractivity contribution in [3.63, 3.8) is 0 Å². The van der Waals surface area contributed by atoms with E-state index in [4.69, 9.17) is 4.74 Å². The second kappa shape index (κ2) is 4.86.